The van der Waals surface area contributed by atoms with Crippen LogP contribution in [0.1, 0.15) is 45.6 Å². The molecule has 1 aromatic rings. The van der Waals surface area contributed by atoms with Crippen LogP contribution in [0.2, 0.25) is 0 Å². The van der Waals surface area contributed by atoms with Crippen molar-refractivity contribution in [1.29, 1.82) is 0 Å². The van der Waals surface area contributed by atoms with Crippen LogP contribution in [0, 0.1) is 5.41 Å². The zero-order valence-corrected chi connectivity index (χ0v) is 13.0. The Hall–Kier alpha value is -1.70. The van der Waals surface area contributed by atoms with Gasteiger partial charge >= 0.3 is 0 Å². The fraction of sp³-hybridized carbons (Fsp3) is 0.444. The molecule has 2 heteroatoms. The van der Waals surface area contributed by atoms with Gasteiger partial charge < -0.3 is 9.47 Å². The maximum atomic E-state index is 5.70. The fourth-order valence-corrected chi connectivity index (χ4v) is 2.44. The van der Waals surface area contributed by atoms with Gasteiger partial charge in [0.2, 0.25) is 0 Å². The first-order valence-electron chi connectivity index (χ1n) is 7.15. The standard InChI is InChI=1S/C18H24O2/c1-13-11-14(7-6-10-18(2,3)4)16-9-8-15(19-5)12-17(16)20-13/h8-9,11-12H,1,6-7,10H2,2-5H3. The Labute approximate surface area is 122 Å². The summed E-state index contributed by atoms with van der Waals surface area (Å²) in [6.07, 6.45) is 5.49. The van der Waals surface area contributed by atoms with Gasteiger partial charge in [-0.05, 0) is 48.5 Å². The molecule has 0 radical (unpaired) electrons. The van der Waals surface area contributed by atoms with Gasteiger partial charge in [0.05, 0.1) is 7.11 Å². The average Bonchev–Trinajstić information content (AvgIpc) is 2.36. The summed E-state index contributed by atoms with van der Waals surface area (Å²) in [5.74, 6) is 2.37. The van der Waals surface area contributed by atoms with Gasteiger partial charge in [0, 0.05) is 11.6 Å². The summed E-state index contributed by atoms with van der Waals surface area (Å²) in [4.78, 5) is 0. The lowest BCUT2D eigenvalue weighted by molar-refractivity contribution is 0.367. The van der Waals surface area contributed by atoms with Crippen molar-refractivity contribution in [2.75, 3.05) is 7.11 Å². The maximum Gasteiger partial charge on any atom is 0.138 e. The van der Waals surface area contributed by atoms with E-state index in [2.05, 4.69) is 39.5 Å². The molecule has 0 unspecified atom stereocenters. The minimum Gasteiger partial charge on any atom is -0.497 e. The summed E-state index contributed by atoms with van der Waals surface area (Å²) in [5, 5.41) is 0. The molecule has 20 heavy (non-hydrogen) atoms. The third-order valence-corrected chi connectivity index (χ3v) is 3.48. The zero-order chi connectivity index (χ0) is 14.8. The minimum atomic E-state index is 0.380. The van der Waals surface area contributed by atoms with E-state index in [1.54, 1.807) is 7.11 Å². The number of methoxy groups -OCH3 is 1. The molecule has 2 rings (SSSR count). The molecule has 1 aliphatic rings. The Balaban J connectivity index is 2.16. The van der Waals surface area contributed by atoms with Crippen LogP contribution < -0.4 is 9.47 Å². The highest BCUT2D eigenvalue weighted by molar-refractivity contribution is 5.75. The van der Waals surface area contributed by atoms with Crippen molar-refractivity contribution in [1.82, 2.24) is 0 Å². The minimum absolute atomic E-state index is 0.380. The Morgan fingerprint density at radius 2 is 2.00 bits per heavy atom. The largest absolute Gasteiger partial charge is 0.497 e. The van der Waals surface area contributed by atoms with Gasteiger partial charge in [0.25, 0.3) is 0 Å². The van der Waals surface area contributed by atoms with Crippen molar-refractivity contribution in [3.63, 3.8) is 0 Å². The number of allylic oxidation sites excluding steroid dienone is 2. The SMILES string of the molecule is C=C1C=C(CCCC(C)(C)C)c2ccc(OC)cc2O1. The van der Waals surface area contributed by atoms with E-state index in [0.29, 0.717) is 11.2 Å². The van der Waals surface area contributed by atoms with Crippen LogP contribution in [-0.4, -0.2) is 7.11 Å². The lowest BCUT2D eigenvalue weighted by atomic mass is 9.87. The van der Waals surface area contributed by atoms with Gasteiger partial charge in [-0.3, -0.25) is 0 Å². The molecule has 0 aliphatic carbocycles. The van der Waals surface area contributed by atoms with E-state index in [1.165, 1.54) is 18.4 Å². The zero-order valence-electron chi connectivity index (χ0n) is 13.0. The van der Waals surface area contributed by atoms with Crippen LogP contribution in [0.25, 0.3) is 5.57 Å². The molecule has 0 N–H and O–H groups in total. The number of ether oxygens (including phenoxy) is 2. The van der Waals surface area contributed by atoms with E-state index >= 15 is 0 Å². The first-order valence-corrected chi connectivity index (χ1v) is 7.15. The second-order valence-corrected chi connectivity index (χ2v) is 6.51. The topological polar surface area (TPSA) is 18.5 Å². The van der Waals surface area contributed by atoms with Crippen LogP contribution >= 0.6 is 0 Å². The van der Waals surface area contributed by atoms with Gasteiger partial charge in [0.1, 0.15) is 17.3 Å². The highest BCUT2D eigenvalue weighted by atomic mass is 16.5. The number of rotatable bonds is 4. The van der Waals surface area contributed by atoms with Crippen molar-refractivity contribution in [3.8, 4) is 11.5 Å². The van der Waals surface area contributed by atoms with Gasteiger partial charge in [-0.1, -0.05) is 27.4 Å². The molecule has 1 heterocycles. The predicted octanol–water partition coefficient (Wildman–Crippen LogP) is 5.20. The first kappa shape index (κ1) is 14.7. The number of fused-ring (bicyclic) bond motifs is 1. The Bertz CT molecular complexity index is 533. The summed E-state index contributed by atoms with van der Waals surface area (Å²) in [6, 6.07) is 5.98. The van der Waals surface area contributed by atoms with E-state index in [0.717, 1.165) is 23.5 Å². The van der Waals surface area contributed by atoms with Crippen LogP contribution in [0.15, 0.2) is 36.6 Å². The Morgan fingerprint density at radius 1 is 1.25 bits per heavy atom. The number of benzene rings is 1. The second-order valence-electron chi connectivity index (χ2n) is 6.51. The normalized spacial score (nSPS) is 14.4. The molecule has 108 valence electrons. The van der Waals surface area contributed by atoms with Gasteiger partial charge in [-0.15, -0.1) is 0 Å². The molecule has 2 nitrogen and oxygen atoms in total. The van der Waals surface area contributed by atoms with Crippen molar-refractivity contribution >= 4 is 5.57 Å². The molecule has 0 saturated heterocycles. The van der Waals surface area contributed by atoms with Crippen molar-refractivity contribution in [3.05, 3.63) is 42.2 Å². The van der Waals surface area contributed by atoms with Crippen molar-refractivity contribution in [2.45, 2.75) is 40.0 Å². The summed E-state index contributed by atoms with van der Waals surface area (Å²) in [6.45, 7) is 10.8. The third kappa shape index (κ3) is 3.66. The van der Waals surface area contributed by atoms with Crippen LogP contribution in [0.4, 0.5) is 0 Å². The van der Waals surface area contributed by atoms with Crippen LogP contribution in [0.3, 0.4) is 0 Å². The fourth-order valence-electron chi connectivity index (χ4n) is 2.44. The molecular weight excluding hydrogens is 248 g/mol. The van der Waals surface area contributed by atoms with Crippen LogP contribution in [0.5, 0.6) is 11.5 Å². The molecule has 1 aliphatic heterocycles. The lowest BCUT2D eigenvalue weighted by Gasteiger charge is -2.22. The molecule has 0 spiro atoms. The molecule has 0 bridgehead atoms. The molecule has 0 aromatic heterocycles. The van der Waals surface area contributed by atoms with Crippen molar-refractivity contribution < 1.29 is 9.47 Å². The van der Waals surface area contributed by atoms with E-state index in [9.17, 15) is 0 Å². The molecule has 0 saturated carbocycles. The summed E-state index contributed by atoms with van der Waals surface area (Å²) in [7, 11) is 1.67. The summed E-state index contributed by atoms with van der Waals surface area (Å²) >= 11 is 0. The van der Waals surface area contributed by atoms with Gasteiger partial charge in [0.15, 0.2) is 0 Å². The number of hydrogen-bond donors (Lipinski definition) is 0. The highest BCUT2D eigenvalue weighted by Crippen LogP contribution is 2.38. The Kier molecular flexibility index (Phi) is 4.22. The van der Waals surface area contributed by atoms with E-state index < -0.39 is 0 Å². The third-order valence-electron chi connectivity index (χ3n) is 3.48. The van der Waals surface area contributed by atoms with E-state index in [4.69, 9.17) is 9.47 Å². The first-order chi connectivity index (χ1) is 9.39. The van der Waals surface area contributed by atoms with Crippen LogP contribution in [-0.2, 0) is 0 Å². The molecule has 0 amide bonds. The van der Waals surface area contributed by atoms with Gasteiger partial charge in [-0.25, -0.2) is 0 Å². The second kappa shape index (κ2) is 5.74. The highest BCUT2D eigenvalue weighted by Gasteiger charge is 2.18. The molecule has 0 fully saturated rings. The summed E-state index contributed by atoms with van der Waals surface area (Å²) in [5.41, 5.74) is 2.85. The van der Waals surface area contributed by atoms with Crippen molar-refractivity contribution in [2.24, 2.45) is 5.41 Å². The maximum absolute atomic E-state index is 5.70. The Morgan fingerprint density at radius 3 is 2.65 bits per heavy atom. The number of hydrogen-bond acceptors (Lipinski definition) is 2. The quantitative estimate of drug-likeness (QED) is 0.750. The predicted molar refractivity (Wildman–Crippen MR) is 84.0 cm³/mol. The van der Waals surface area contributed by atoms with E-state index in [1.807, 2.05) is 12.1 Å². The lowest BCUT2D eigenvalue weighted by Crippen LogP contribution is -2.06. The summed E-state index contributed by atoms with van der Waals surface area (Å²) < 4.78 is 10.9. The monoisotopic (exact) mass is 272 g/mol. The van der Waals surface area contributed by atoms with E-state index in [-0.39, 0.29) is 0 Å². The van der Waals surface area contributed by atoms with Gasteiger partial charge in [-0.2, -0.15) is 0 Å². The molecule has 1 aromatic carbocycles. The molecule has 0 atom stereocenters. The molecular formula is C18H24O2. The smallest absolute Gasteiger partial charge is 0.138 e. The average molecular weight is 272 g/mol.